The first kappa shape index (κ1) is 15.7. The highest BCUT2D eigenvalue weighted by molar-refractivity contribution is 9.10. The van der Waals surface area contributed by atoms with Crippen LogP contribution in [0.3, 0.4) is 0 Å². The normalized spacial score (nSPS) is 10.2. The molecular formula is C13H10BrN3O5. The van der Waals surface area contributed by atoms with E-state index in [4.69, 9.17) is 5.11 Å². The van der Waals surface area contributed by atoms with Gasteiger partial charge in [-0.25, -0.2) is 0 Å². The van der Waals surface area contributed by atoms with Crippen LogP contribution in [0.5, 0.6) is 5.75 Å². The van der Waals surface area contributed by atoms with E-state index in [0.29, 0.717) is 5.69 Å². The second-order valence-corrected chi connectivity index (χ2v) is 5.10. The van der Waals surface area contributed by atoms with Gasteiger partial charge in [-0.05, 0) is 24.3 Å². The number of rotatable bonds is 4. The van der Waals surface area contributed by atoms with Gasteiger partial charge in [-0.1, -0.05) is 15.9 Å². The van der Waals surface area contributed by atoms with E-state index in [-0.39, 0.29) is 0 Å². The SMILES string of the molecule is O=C(O)CNC(=O)c1nn(-c2ccc(Br)cc2)c(=O)cc1O. The number of benzene rings is 1. The number of nitrogens with one attached hydrogen (secondary N) is 1. The molecule has 0 saturated carbocycles. The number of carbonyl (C=O) groups excluding carboxylic acids is 1. The fourth-order valence-electron chi connectivity index (χ4n) is 1.62. The minimum atomic E-state index is -1.24. The van der Waals surface area contributed by atoms with Crippen molar-refractivity contribution in [3.63, 3.8) is 0 Å². The molecule has 1 amide bonds. The fourth-order valence-corrected chi connectivity index (χ4v) is 1.88. The summed E-state index contributed by atoms with van der Waals surface area (Å²) in [5.41, 5.74) is -0.682. The van der Waals surface area contributed by atoms with E-state index in [1.54, 1.807) is 24.3 Å². The van der Waals surface area contributed by atoms with E-state index in [1.807, 2.05) is 0 Å². The minimum absolute atomic E-state index is 0.389. The van der Waals surface area contributed by atoms with Crippen molar-refractivity contribution in [2.24, 2.45) is 0 Å². The average Bonchev–Trinajstić information content (AvgIpc) is 2.46. The number of carboxylic acids is 1. The van der Waals surface area contributed by atoms with Gasteiger partial charge in [0.2, 0.25) is 0 Å². The maximum absolute atomic E-state index is 11.9. The molecule has 114 valence electrons. The lowest BCUT2D eigenvalue weighted by Gasteiger charge is -2.08. The first-order valence-electron chi connectivity index (χ1n) is 5.98. The number of carboxylic acid groups (broad SMARTS) is 1. The van der Waals surface area contributed by atoms with Crippen LogP contribution in [0.1, 0.15) is 10.5 Å². The quantitative estimate of drug-likeness (QED) is 0.723. The number of amides is 1. The van der Waals surface area contributed by atoms with E-state index in [1.165, 1.54) is 0 Å². The van der Waals surface area contributed by atoms with E-state index >= 15 is 0 Å². The highest BCUT2D eigenvalue weighted by atomic mass is 79.9. The van der Waals surface area contributed by atoms with Crippen molar-refractivity contribution >= 4 is 27.8 Å². The first-order valence-corrected chi connectivity index (χ1v) is 6.77. The van der Waals surface area contributed by atoms with Crippen molar-refractivity contribution < 1.29 is 19.8 Å². The number of aromatic nitrogens is 2. The Balaban J connectivity index is 2.42. The molecule has 0 spiro atoms. The molecule has 0 unspecified atom stereocenters. The second-order valence-electron chi connectivity index (χ2n) is 4.18. The summed E-state index contributed by atoms with van der Waals surface area (Å²) in [6, 6.07) is 7.38. The lowest BCUT2D eigenvalue weighted by molar-refractivity contribution is -0.135. The Bertz CT molecular complexity index is 785. The summed E-state index contributed by atoms with van der Waals surface area (Å²) in [4.78, 5) is 34.1. The average molecular weight is 368 g/mol. The van der Waals surface area contributed by atoms with E-state index in [2.05, 4.69) is 26.3 Å². The van der Waals surface area contributed by atoms with Crippen molar-refractivity contribution in [1.29, 1.82) is 0 Å². The van der Waals surface area contributed by atoms with Crippen molar-refractivity contribution in [2.45, 2.75) is 0 Å². The van der Waals surface area contributed by atoms with Gasteiger partial charge in [0.1, 0.15) is 6.54 Å². The highest BCUT2D eigenvalue weighted by Gasteiger charge is 2.17. The van der Waals surface area contributed by atoms with Crippen LogP contribution in [0, 0.1) is 0 Å². The molecule has 0 aliphatic heterocycles. The molecule has 2 rings (SSSR count). The summed E-state index contributed by atoms with van der Waals surface area (Å²) in [5.74, 6) is -2.76. The van der Waals surface area contributed by atoms with Gasteiger partial charge in [0.15, 0.2) is 11.4 Å². The molecular weight excluding hydrogens is 358 g/mol. The summed E-state index contributed by atoms with van der Waals surface area (Å²) in [6.07, 6.45) is 0. The standard InChI is InChI=1S/C13H10BrN3O5/c14-7-1-3-8(4-2-7)17-10(19)5-9(18)12(16-17)13(22)15-6-11(20)21/h1-5,18H,6H2,(H,15,22)(H,20,21). The van der Waals surface area contributed by atoms with Gasteiger partial charge in [-0.15, -0.1) is 0 Å². The second kappa shape index (κ2) is 6.39. The highest BCUT2D eigenvalue weighted by Crippen LogP contribution is 2.15. The zero-order valence-electron chi connectivity index (χ0n) is 11.0. The summed E-state index contributed by atoms with van der Waals surface area (Å²) < 4.78 is 1.73. The predicted octanol–water partition coefficient (Wildman–Crippen LogP) is 0.515. The number of aliphatic carboxylic acids is 1. The van der Waals surface area contributed by atoms with Crippen LogP contribution < -0.4 is 10.9 Å². The number of nitrogens with zero attached hydrogens (tertiary/aromatic N) is 2. The van der Waals surface area contributed by atoms with Crippen LogP contribution in [0.25, 0.3) is 5.69 Å². The third-order valence-electron chi connectivity index (χ3n) is 2.60. The van der Waals surface area contributed by atoms with Crippen molar-refractivity contribution in [3.05, 3.63) is 50.9 Å². The Morgan fingerprint density at radius 3 is 2.50 bits per heavy atom. The Hall–Kier alpha value is -2.68. The number of hydrogen-bond acceptors (Lipinski definition) is 5. The topological polar surface area (TPSA) is 122 Å². The van der Waals surface area contributed by atoms with Crippen molar-refractivity contribution in [2.75, 3.05) is 6.54 Å². The molecule has 0 aliphatic carbocycles. The van der Waals surface area contributed by atoms with Gasteiger partial charge < -0.3 is 15.5 Å². The molecule has 9 heteroatoms. The third-order valence-corrected chi connectivity index (χ3v) is 3.13. The molecule has 1 aromatic carbocycles. The molecule has 2 aromatic rings. The molecule has 22 heavy (non-hydrogen) atoms. The Labute approximate surface area is 132 Å². The largest absolute Gasteiger partial charge is 0.505 e. The Morgan fingerprint density at radius 1 is 1.27 bits per heavy atom. The van der Waals surface area contributed by atoms with Crippen LogP contribution in [0.15, 0.2) is 39.6 Å². The molecule has 0 aliphatic rings. The summed E-state index contributed by atoms with van der Waals surface area (Å²) in [6.45, 7) is -0.628. The molecule has 1 aromatic heterocycles. The van der Waals surface area contributed by atoms with Crippen LogP contribution >= 0.6 is 15.9 Å². The smallest absolute Gasteiger partial charge is 0.322 e. The molecule has 0 bridgehead atoms. The lowest BCUT2D eigenvalue weighted by atomic mass is 10.3. The molecule has 0 fully saturated rings. The molecule has 0 atom stereocenters. The maximum Gasteiger partial charge on any atom is 0.322 e. The van der Waals surface area contributed by atoms with Gasteiger partial charge in [-0.2, -0.15) is 9.78 Å². The van der Waals surface area contributed by atoms with E-state index < -0.39 is 35.4 Å². The van der Waals surface area contributed by atoms with Gasteiger partial charge in [0, 0.05) is 10.5 Å². The van der Waals surface area contributed by atoms with Gasteiger partial charge in [0.25, 0.3) is 11.5 Å². The van der Waals surface area contributed by atoms with E-state index in [0.717, 1.165) is 15.2 Å². The predicted molar refractivity (Wildman–Crippen MR) is 79.2 cm³/mol. The monoisotopic (exact) mass is 367 g/mol. The summed E-state index contributed by atoms with van der Waals surface area (Å²) >= 11 is 3.25. The zero-order valence-corrected chi connectivity index (χ0v) is 12.6. The Morgan fingerprint density at radius 2 is 1.91 bits per heavy atom. The van der Waals surface area contributed by atoms with Crippen molar-refractivity contribution in [1.82, 2.24) is 15.1 Å². The number of aromatic hydroxyl groups is 1. The van der Waals surface area contributed by atoms with Gasteiger partial charge in [-0.3, -0.25) is 14.4 Å². The summed E-state index contributed by atoms with van der Waals surface area (Å²) in [5, 5.41) is 24.0. The van der Waals surface area contributed by atoms with Crippen LogP contribution in [0.4, 0.5) is 0 Å². The molecule has 8 nitrogen and oxygen atoms in total. The van der Waals surface area contributed by atoms with E-state index in [9.17, 15) is 19.5 Å². The third kappa shape index (κ3) is 3.50. The lowest BCUT2D eigenvalue weighted by Crippen LogP contribution is -2.32. The molecule has 1 heterocycles. The maximum atomic E-state index is 11.9. The van der Waals surface area contributed by atoms with Gasteiger partial charge >= 0.3 is 5.97 Å². The van der Waals surface area contributed by atoms with Gasteiger partial charge in [0.05, 0.1) is 5.69 Å². The number of hydrogen-bond donors (Lipinski definition) is 3. The molecule has 0 radical (unpaired) electrons. The van der Waals surface area contributed by atoms with Crippen LogP contribution in [-0.4, -0.2) is 38.4 Å². The molecule has 0 saturated heterocycles. The van der Waals surface area contributed by atoms with Crippen LogP contribution in [-0.2, 0) is 4.79 Å². The zero-order chi connectivity index (χ0) is 16.3. The Kier molecular flexibility index (Phi) is 4.56. The minimum Gasteiger partial charge on any atom is -0.505 e. The first-order chi connectivity index (χ1) is 10.4. The number of carbonyl (C=O) groups is 2. The van der Waals surface area contributed by atoms with Crippen molar-refractivity contribution in [3.8, 4) is 11.4 Å². The molecule has 3 N–H and O–H groups in total. The summed E-state index contributed by atoms with van der Waals surface area (Å²) in [7, 11) is 0. The fraction of sp³-hybridized carbons (Fsp3) is 0.0769. The van der Waals surface area contributed by atoms with Crippen LogP contribution in [0.2, 0.25) is 0 Å². The number of halogens is 1.